The predicted molar refractivity (Wildman–Crippen MR) is 109 cm³/mol. The molecule has 154 valence electrons. The maximum atomic E-state index is 13.2. The highest BCUT2D eigenvalue weighted by atomic mass is 35.5. The standard InChI is InChI=1S/C22H25ClFN3O2/c23-20-13-16(24)4-5-19(20)21(28)26-14-18-6-7-22(29-18)8-11-27(12-9-22)15-17-3-1-2-10-25-17/h1-5,10,13,18H,6-9,11-12,14-15H2,(H,26,28)/t18-/m1/s1. The molecule has 1 aromatic heterocycles. The molecule has 0 bridgehead atoms. The lowest BCUT2D eigenvalue weighted by atomic mass is 9.88. The van der Waals surface area contributed by atoms with E-state index in [1.54, 1.807) is 0 Å². The first-order valence-corrected chi connectivity index (χ1v) is 10.4. The molecule has 2 aliphatic heterocycles. The largest absolute Gasteiger partial charge is 0.370 e. The minimum Gasteiger partial charge on any atom is -0.370 e. The van der Waals surface area contributed by atoms with Gasteiger partial charge < -0.3 is 10.1 Å². The molecule has 7 heteroatoms. The molecule has 2 saturated heterocycles. The molecule has 3 heterocycles. The highest BCUT2D eigenvalue weighted by molar-refractivity contribution is 6.33. The normalized spacial score (nSPS) is 21.4. The fraction of sp³-hybridized carbons (Fsp3) is 0.455. The zero-order valence-electron chi connectivity index (χ0n) is 16.2. The van der Waals surface area contributed by atoms with Crippen LogP contribution in [-0.2, 0) is 11.3 Å². The lowest BCUT2D eigenvalue weighted by molar-refractivity contribution is -0.0765. The Labute approximate surface area is 175 Å². The number of amides is 1. The zero-order valence-corrected chi connectivity index (χ0v) is 17.0. The van der Waals surface area contributed by atoms with Crippen LogP contribution in [-0.4, -0.2) is 47.1 Å². The van der Waals surface area contributed by atoms with Crippen LogP contribution in [0.4, 0.5) is 4.39 Å². The molecule has 1 aromatic carbocycles. The van der Waals surface area contributed by atoms with Crippen LogP contribution in [0.2, 0.25) is 5.02 Å². The second-order valence-electron chi connectivity index (χ2n) is 7.89. The second-order valence-corrected chi connectivity index (χ2v) is 8.30. The van der Waals surface area contributed by atoms with E-state index in [-0.39, 0.29) is 28.2 Å². The van der Waals surface area contributed by atoms with Gasteiger partial charge in [-0.05, 0) is 56.0 Å². The summed E-state index contributed by atoms with van der Waals surface area (Å²) in [6.45, 7) is 3.28. The summed E-state index contributed by atoms with van der Waals surface area (Å²) in [5, 5.41) is 2.99. The number of nitrogens with one attached hydrogen (secondary N) is 1. The van der Waals surface area contributed by atoms with Crippen molar-refractivity contribution in [1.29, 1.82) is 0 Å². The molecule has 2 aliphatic rings. The molecule has 0 radical (unpaired) electrons. The van der Waals surface area contributed by atoms with Crippen molar-refractivity contribution in [3.63, 3.8) is 0 Å². The van der Waals surface area contributed by atoms with Crippen LogP contribution >= 0.6 is 11.6 Å². The summed E-state index contributed by atoms with van der Waals surface area (Å²) in [6.07, 6.45) is 5.77. The third-order valence-electron chi connectivity index (χ3n) is 5.88. The molecule has 1 atom stereocenters. The lowest BCUT2D eigenvalue weighted by Crippen LogP contribution is -2.45. The number of carbonyl (C=O) groups is 1. The number of piperidine rings is 1. The van der Waals surface area contributed by atoms with E-state index in [0.717, 1.165) is 57.1 Å². The molecule has 1 N–H and O–H groups in total. The highest BCUT2D eigenvalue weighted by Gasteiger charge is 2.42. The van der Waals surface area contributed by atoms with E-state index in [0.29, 0.717) is 6.54 Å². The van der Waals surface area contributed by atoms with Crippen LogP contribution in [0.25, 0.3) is 0 Å². The SMILES string of the molecule is O=C(NC[C@H]1CCC2(CCN(Cc3ccccn3)CC2)O1)c1ccc(F)cc1Cl. The minimum absolute atomic E-state index is 0.000476. The van der Waals surface area contributed by atoms with Crippen LogP contribution in [0.15, 0.2) is 42.6 Å². The van der Waals surface area contributed by atoms with Crippen molar-refractivity contribution in [3.05, 3.63) is 64.7 Å². The third kappa shape index (κ3) is 4.94. The summed E-state index contributed by atoms with van der Waals surface area (Å²) < 4.78 is 19.5. The van der Waals surface area contributed by atoms with E-state index < -0.39 is 5.82 Å². The Morgan fingerprint density at radius 2 is 2.10 bits per heavy atom. The molecule has 0 saturated carbocycles. The van der Waals surface area contributed by atoms with Gasteiger partial charge in [-0.15, -0.1) is 0 Å². The number of benzene rings is 1. The number of hydrogen-bond acceptors (Lipinski definition) is 4. The number of carbonyl (C=O) groups excluding carboxylic acids is 1. The van der Waals surface area contributed by atoms with Crippen molar-refractivity contribution in [1.82, 2.24) is 15.2 Å². The van der Waals surface area contributed by atoms with Crippen molar-refractivity contribution in [2.24, 2.45) is 0 Å². The average molecular weight is 418 g/mol. The minimum atomic E-state index is -0.456. The lowest BCUT2D eigenvalue weighted by Gasteiger charge is -2.39. The van der Waals surface area contributed by atoms with Gasteiger partial charge in [0.15, 0.2) is 0 Å². The van der Waals surface area contributed by atoms with Crippen molar-refractivity contribution in [3.8, 4) is 0 Å². The summed E-state index contributed by atoms with van der Waals surface area (Å²) in [6, 6.07) is 9.80. The van der Waals surface area contributed by atoms with Gasteiger partial charge in [0, 0.05) is 32.4 Å². The quantitative estimate of drug-likeness (QED) is 0.803. The summed E-state index contributed by atoms with van der Waals surface area (Å²) in [5.74, 6) is -0.758. The molecule has 0 unspecified atom stereocenters. The first kappa shape index (κ1) is 20.3. The molecule has 1 amide bonds. The second kappa shape index (κ2) is 8.78. The summed E-state index contributed by atoms with van der Waals surface area (Å²) in [5.41, 5.74) is 1.29. The average Bonchev–Trinajstić information content (AvgIpc) is 3.12. The van der Waals surface area contributed by atoms with E-state index in [2.05, 4.69) is 21.3 Å². The molecule has 5 nitrogen and oxygen atoms in total. The topological polar surface area (TPSA) is 54.5 Å². The van der Waals surface area contributed by atoms with Gasteiger partial charge in [0.2, 0.25) is 0 Å². The van der Waals surface area contributed by atoms with Crippen molar-refractivity contribution in [2.75, 3.05) is 19.6 Å². The van der Waals surface area contributed by atoms with Gasteiger partial charge in [0.1, 0.15) is 5.82 Å². The van der Waals surface area contributed by atoms with Crippen LogP contribution in [0.5, 0.6) is 0 Å². The molecule has 1 spiro atoms. The number of hydrogen-bond donors (Lipinski definition) is 1. The number of nitrogens with zero attached hydrogens (tertiary/aromatic N) is 2. The third-order valence-corrected chi connectivity index (χ3v) is 6.20. The van der Waals surface area contributed by atoms with Crippen LogP contribution in [0.1, 0.15) is 41.7 Å². The van der Waals surface area contributed by atoms with Gasteiger partial charge in [-0.2, -0.15) is 0 Å². The molecule has 0 aliphatic carbocycles. The van der Waals surface area contributed by atoms with Gasteiger partial charge >= 0.3 is 0 Å². The Morgan fingerprint density at radius 1 is 1.28 bits per heavy atom. The van der Waals surface area contributed by atoms with E-state index in [1.807, 2.05) is 18.3 Å². The Kier molecular flexibility index (Phi) is 6.13. The molecule has 2 aromatic rings. The molecule has 29 heavy (non-hydrogen) atoms. The Morgan fingerprint density at radius 3 is 2.83 bits per heavy atom. The van der Waals surface area contributed by atoms with Crippen molar-refractivity contribution >= 4 is 17.5 Å². The summed E-state index contributed by atoms with van der Waals surface area (Å²) in [4.78, 5) is 19.2. The number of pyridine rings is 1. The van der Waals surface area contributed by atoms with Crippen molar-refractivity contribution < 1.29 is 13.9 Å². The van der Waals surface area contributed by atoms with E-state index >= 15 is 0 Å². The number of halogens is 2. The van der Waals surface area contributed by atoms with Crippen molar-refractivity contribution in [2.45, 2.75) is 43.9 Å². The molecule has 2 fully saturated rings. The van der Waals surface area contributed by atoms with E-state index in [1.165, 1.54) is 12.1 Å². The maximum absolute atomic E-state index is 13.2. The van der Waals surface area contributed by atoms with Crippen LogP contribution in [0, 0.1) is 5.82 Å². The first-order chi connectivity index (χ1) is 14.0. The Hall–Kier alpha value is -2.02. The molecular weight excluding hydrogens is 393 g/mol. The van der Waals surface area contributed by atoms with Crippen LogP contribution < -0.4 is 5.32 Å². The highest BCUT2D eigenvalue weighted by Crippen LogP contribution is 2.39. The zero-order chi connectivity index (χ0) is 20.3. The van der Waals surface area contributed by atoms with Gasteiger partial charge in [-0.3, -0.25) is 14.7 Å². The summed E-state index contributed by atoms with van der Waals surface area (Å²) in [7, 11) is 0. The molecule has 4 rings (SSSR count). The Balaban J connectivity index is 1.25. The van der Waals surface area contributed by atoms with Gasteiger partial charge in [-0.1, -0.05) is 17.7 Å². The molecular formula is C22H25ClFN3O2. The maximum Gasteiger partial charge on any atom is 0.252 e. The van der Waals surface area contributed by atoms with Gasteiger partial charge in [0.05, 0.1) is 28.0 Å². The smallest absolute Gasteiger partial charge is 0.252 e. The first-order valence-electron chi connectivity index (χ1n) is 10.1. The number of likely N-dealkylation sites (tertiary alicyclic amines) is 1. The summed E-state index contributed by atoms with van der Waals surface area (Å²) >= 11 is 5.97. The monoisotopic (exact) mass is 417 g/mol. The number of ether oxygens (including phenoxy) is 1. The predicted octanol–water partition coefficient (Wildman–Crippen LogP) is 3.82. The van der Waals surface area contributed by atoms with Gasteiger partial charge in [0.25, 0.3) is 5.91 Å². The van der Waals surface area contributed by atoms with Crippen LogP contribution in [0.3, 0.4) is 0 Å². The number of rotatable bonds is 5. The van der Waals surface area contributed by atoms with E-state index in [9.17, 15) is 9.18 Å². The fourth-order valence-corrected chi connectivity index (χ4v) is 4.47. The Bertz CT molecular complexity index is 856. The van der Waals surface area contributed by atoms with E-state index in [4.69, 9.17) is 16.3 Å². The van der Waals surface area contributed by atoms with Gasteiger partial charge in [-0.25, -0.2) is 4.39 Å². The fourth-order valence-electron chi connectivity index (χ4n) is 4.22. The number of aromatic nitrogens is 1.